The van der Waals surface area contributed by atoms with Crippen molar-refractivity contribution in [1.29, 1.82) is 0 Å². The van der Waals surface area contributed by atoms with Gasteiger partial charge in [0.15, 0.2) is 0 Å². The number of hydrogen-bond donors (Lipinski definition) is 1. The third kappa shape index (κ3) is 4.32. The first-order valence-electron chi connectivity index (χ1n) is 6.99. The summed E-state index contributed by atoms with van der Waals surface area (Å²) in [5.74, 6) is -0.691. The highest BCUT2D eigenvalue weighted by Crippen LogP contribution is 2.30. The van der Waals surface area contributed by atoms with Gasteiger partial charge in [-0.25, -0.2) is 0 Å². The monoisotopic (exact) mass is 281 g/mol. The summed E-state index contributed by atoms with van der Waals surface area (Å²) >= 11 is 1.80. The lowest BCUT2D eigenvalue weighted by atomic mass is 9.88. The predicted molar refractivity (Wildman–Crippen MR) is 78.4 cm³/mol. The van der Waals surface area contributed by atoms with E-state index in [1.807, 2.05) is 13.8 Å². The Hall–Kier alpha value is -0.870. The lowest BCUT2D eigenvalue weighted by molar-refractivity contribution is -0.147. The summed E-state index contributed by atoms with van der Waals surface area (Å²) in [4.78, 5) is 15.0. The van der Waals surface area contributed by atoms with Crippen molar-refractivity contribution in [2.24, 2.45) is 5.41 Å². The van der Waals surface area contributed by atoms with Gasteiger partial charge in [0, 0.05) is 17.5 Å². The molecule has 106 valence electrons. The molecule has 3 nitrogen and oxygen atoms in total. The molecule has 1 aliphatic carbocycles. The zero-order valence-electron chi connectivity index (χ0n) is 11.8. The Balaban J connectivity index is 1.80. The Morgan fingerprint density at radius 1 is 1.53 bits per heavy atom. The molecule has 1 saturated carbocycles. The number of rotatable bonds is 8. The zero-order valence-corrected chi connectivity index (χ0v) is 12.6. The summed E-state index contributed by atoms with van der Waals surface area (Å²) in [6.07, 6.45) is 4.30. The predicted octanol–water partition coefficient (Wildman–Crippen LogP) is 3.60. The first kappa shape index (κ1) is 14.5. The second-order valence-electron chi connectivity index (χ2n) is 6.07. The van der Waals surface area contributed by atoms with Crippen LogP contribution in [-0.4, -0.2) is 28.6 Å². The molecule has 1 aromatic heterocycles. The van der Waals surface area contributed by atoms with Crippen LogP contribution in [0.3, 0.4) is 0 Å². The molecule has 2 rings (SSSR count). The summed E-state index contributed by atoms with van der Waals surface area (Å²) < 4.78 is 0. The normalized spacial score (nSPS) is 15.9. The van der Waals surface area contributed by atoms with E-state index in [9.17, 15) is 4.79 Å². The molecule has 0 spiro atoms. The smallest absolute Gasteiger partial charge is 0.309 e. The van der Waals surface area contributed by atoms with Gasteiger partial charge in [-0.1, -0.05) is 6.07 Å². The molecule has 1 aliphatic rings. The summed E-state index contributed by atoms with van der Waals surface area (Å²) in [6.45, 7) is 5.67. The van der Waals surface area contributed by atoms with E-state index in [2.05, 4.69) is 22.4 Å². The lowest BCUT2D eigenvalue weighted by Gasteiger charge is -2.24. The van der Waals surface area contributed by atoms with Crippen LogP contribution >= 0.6 is 11.3 Å². The van der Waals surface area contributed by atoms with Crippen molar-refractivity contribution in [3.8, 4) is 0 Å². The van der Waals surface area contributed by atoms with E-state index < -0.39 is 11.4 Å². The minimum absolute atomic E-state index is 0.599. The second kappa shape index (κ2) is 6.06. The molecule has 0 aromatic carbocycles. The van der Waals surface area contributed by atoms with Gasteiger partial charge < -0.3 is 5.11 Å². The SMILES string of the molecule is CC(C)(CCCN(Cc1cccs1)C1CC1)C(=O)O. The minimum Gasteiger partial charge on any atom is -0.481 e. The van der Waals surface area contributed by atoms with Crippen molar-refractivity contribution in [3.63, 3.8) is 0 Å². The van der Waals surface area contributed by atoms with Crippen LogP contribution in [0.5, 0.6) is 0 Å². The van der Waals surface area contributed by atoms with Gasteiger partial charge in [-0.2, -0.15) is 0 Å². The number of thiophene rings is 1. The van der Waals surface area contributed by atoms with Gasteiger partial charge >= 0.3 is 5.97 Å². The minimum atomic E-state index is -0.691. The average Bonchev–Trinajstić information content (AvgIpc) is 3.06. The Labute approximate surface area is 119 Å². The van der Waals surface area contributed by atoms with E-state index in [0.717, 1.165) is 32.0 Å². The van der Waals surface area contributed by atoms with Crippen LogP contribution < -0.4 is 0 Å². The van der Waals surface area contributed by atoms with E-state index in [1.165, 1.54) is 17.7 Å². The van der Waals surface area contributed by atoms with Crippen LogP contribution in [0.2, 0.25) is 0 Å². The summed E-state index contributed by atoms with van der Waals surface area (Å²) in [7, 11) is 0. The van der Waals surface area contributed by atoms with Crippen molar-refractivity contribution in [3.05, 3.63) is 22.4 Å². The maximum Gasteiger partial charge on any atom is 0.309 e. The van der Waals surface area contributed by atoms with Crippen molar-refractivity contribution >= 4 is 17.3 Å². The summed E-state index contributed by atoms with van der Waals surface area (Å²) in [6, 6.07) is 5.01. The fraction of sp³-hybridized carbons (Fsp3) is 0.667. The van der Waals surface area contributed by atoms with E-state index >= 15 is 0 Å². The highest BCUT2D eigenvalue weighted by molar-refractivity contribution is 7.09. The summed E-state index contributed by atoms with van der Waals surface area (Å²) in [5.41, 5.74) is -0.599. The molecule has 0 aliphatic heterocycles. The van der Waals surface area contributed by atoms with Gasteiger partial charge in [0.05, 0.1) is 5.41 Å². The number of carbonyl (C=O) groups is 1. The molecule has 0 amide bonds. The zero-order chi connectivity index (χ0) is 13.9. The third-order valence-corrected chi connectivity index (χ3v) is 4.69. The van der Waals surface area contributed by atoms with E-state index in [4.69, 9.17) is 5.11 Å². The van der Waals surface area contributed by atoms with Crippen LogP contribution in [0.15, 0.2) is 17.5 Å². The first-order valence-corrected chi connectivity index (χ1v) is 7.87. The molecule has 0 bridgehead atoms. The van der Waals surface area contributed by atoms with Gasteiger partial charge in [0.25, 0.3) is 0 Å². The average molecular weight is 281 g/mol. The molecule has 19 heavy (non-hydrogen) atoms. The first-order chi connectivity index (χ1) is 8.99. The number of hydrogen-bond acceptors (Lipinski definition) is 3. The quantitative estimate of drug-likeness (QED) is 0.791. The Bertz CT molecular complexity index is 410. The van der Waals surface area contributed by atoms with Crippen LogP contribution in [0, 0.1) is 5.41 Å². The molecule has 0 atom stereocenters. The molecule has 0 radical (unpaired) electrons. The van der Waals surface area contributed by atoms with Crippen molar-refractivity contribution in [2.75, 3.05) is 6.54 Å². The Morgan fingerprint density at radius 2 is 2.26 bits per heavy atom. The molecule has 1 fully saturated rings. The number of carboxylic acids is 1. The van der Waals surface area contributed by atoms with Crippen LogP contribution in [0.25, 0.3) is 0 Å². The van der Waals surface area contributed by atoms with E-state index in [1.54, 1.807) is 11.3 Å². The molecule has 1 heterocycles. The van der Waals surface area contributed by atoms with Crippen LogP contribution in [-0.2, 0) is 11.3 Å². The summed E-state index contributed by atoms with van der Waals surface area (Å²) in [5, 5.41) is 11.2. The number of carboxylic acid groups (broad SMARTS) is 1. The maximum absolute atomic E-state index is 11.1. The molecule has 1 aromatic rings. The van der Waals surface area contributed by atoms with Crippen molar-refractivity contribution in [1.82, 2.24) is 4.90 Å². The van der Waals surface area contributed by atoms with Gasteiger partial charge in [0.1, 0.15) is 0 Å². The van der Waals surface area contributed by atoms with Gasteiger partial charge in [-0.3, -0.25) is 9.69 Å². The fourth-order valence-electron chi connectivity index (χ4n) is 2.26. The second-order valence-corrected chi connectivity index (χ2v) is 7.11. The highest BCUT2D eigenvalue weighted by Gasteiger charge is 2.30. The van der Waals surface area contributed by atoms with Crippen LogP contribution in [0.4, 0.5) is 0 Å². The Morgan fingerprint density at radius 3 is 2.79 bits per heavy atom. The number of aliphatic carboxylic acids is 1. The fourth-order valence-corrected chi connectivity index (χ4v) is 2.99. The topological polar surface area (TPSA) is 40.5 Å². The van der Waals surface area contributed by atoms with Gasteiger partial charge in [-0.15, -0.1) is 11.3 Å². The molecule has 1 N–H and O–H groups in total. The standard InChI is InChI=1S/C15H23NO2S/c1-15(2,14(17)18)8-4-9-16(12-6-7-12)11-13-5-3-10-19-13/h3,5,10,12H,4,6-9,11H2,1-2H3,(H,17,18). The van der Waals surface area contributed by atoms with E-state index in [0.29, 0.717) is 0 Å². The molecule has 4 heteroatoms. The molecule has 0 unspecified atom stereocenters. The molecular formula is C15H23NO2S. The Kier molecular flexibility index (Phi) is 4.63. The molecule has 0 saturated heterocycles. The van der Waals surface area contributed by atoms with Crippen LogP contribution in [0.1, 0.15) is 44.4 Å². The number of nitrogens with zero attached hydrogens (tertiary/aromatic N) is 1. The van der Waals surface area contributed by atoms with Gasteiger partial charge in [-0.05, 0) is 57.5 Å². The highest BCUT2D eigenvalue weighted by atomic mass is 32.1. The van der Waals surface area contributed by atoms with Crippen molar-refractivity contribution in [2.45, 2.75) is 52.1 Å². The maximum atomic E-state index is 11.1. The largest absolute Gasteiger partial charge is 0.481 e. The third-order valence-electron chi connectivity index (χ3n) is 3.83. The lowest BCUT2D eigenvalue weighted by Crippen LogP contribution is -2.29. The van der Waals surface area contributed by atoms with Crippen molar-refractivity contribution < 1.29 is 9.90 Å². The molecular weight excluding hydrogens is 258 g/mol. The van der Waals surface area contributed by atoms with E-state index in [-0.39, 0.29) is 0 Å². The van der Waals surface area contributed by atoms with Gasteiger partial charge in [0.2, 0.25) is 0 Å².